The van der Waals surface area contributed by atoms with E-state index in [1.807, 2.05) is 36.4 Å². The summed E-state index contributed by atoms with van der Waals surface area (Å²) in [5.41, 5.74) is 1.49. The summed E-state index contributed by atoms with van der Waals surface area (Å²) in [6, 6.07) is 19.3. The quantitative estimate of drug-likeness (QED) is 0.677. The Kier molecular flexibility index (Phi) is 5.06. The molecule has 0 aliphatic rings. The number of hydrogen-bond donors (Lipinski definition) is 0. The topological polar surface area (TPSA) is 33.5 Å². The lowest BCUT2D eigenvalue weighted by Gasteiger charge is -2.22. The Morgan fingerprint density at radius 2 is 1.83 bits per heavy atom. The van der Waals surface area contributed by atoms with Crippen LogP contribution in [-0.4, -0.2) is 17.4 Å². The molecule has 0 aliphatic heterocycles. The van der Waals surface area contributed by atoms with Crippen LogP contribution in [0.5, 0.6) is 0 Å². The average Bonchev–Trinajstić information content (AvgIpc) is 3.12. The summed E-state index contributed by atoms with van der Waals surface area (Å²) in [6.45, 7) is 0.884. The smallest absolute Gasteiger partial charge is 0.254 e. The summed E-state index contributed by atoms with van der Waals surface area (Å²) >= 11 is 0. The van der Waals surface area contributed by atoms with Gasteiger partial charge in [-0.2, -0.15) is 0 Å². The Hall–Kier alpha value is -2.88. The molecular formula is C20H18FNO2. The normalized spacial score (nSPS) is 10.5. The second kappa shape index (κ2) is 7.59. The predicted octanol–water partition coefficient (Wildman–Crippen LogP) is 4.30. The lowest BCUT2D eigenvalue weighted by molar-refractivity contribution is 0.0733. The van der Waals surface area contributed by atoms with Crippen molar-refractivity contribution in [2.45, 2.75) is 13.0 Å². The van der Waals surface area contributed by atoms with E-state index < -0.39 is 5.82 Å². The monoisotopic (exact) mass is 323 g/mol. The minimum atomic E-state index is -0.415. The summed E-state index contributed by atoms with van der Waals surface area (Å²) < 4.78 is 18.8. The first kappa shape index (κ1) is 16.0. The number of hydrogen-bond acceptors (Lipinski definition) is 2. The van der Waals surface area contributed by atoms with Crippen molar-refractivity contribution >= 4 is 5.91 Å². The van der Waals surface area contributed by atoms with Gasteiger partial charge in [-0.05, 0) is 42.3 Å². The van der Waals surface area contributed by atoms with Crippen molar-refractivity contribution in [1.82, 2.24) is 4.90 Å². The van der Waals surface area contributed by atoms with Crippen LogP contribution in [0, 0.1) is 5.82 Å². The zero-order valence-corrected chi connectivity index (χ0v) is 13.2. The van der Waals surface area contributed by atoms with E-state index in [2.05, 4.69) is 0 Å². The van der Waals surface area contributed by atoms with E-state index in [0.717, 1.165) is 12.0 Å². The van der Waals surface area contributed by atoms with Gasteiger partial charge in [0, 0.05) is 12.1 Å². The van der Waals surface area contributed by atoms with E-state index in [9.17, 15) is 9.18 Å². The van der Waals surface area contributed by atoms with Crippen LogP contribution in [0.1, 0.15) is 21.7 Å². The maximum absolute atomic E-state index is 13.4. The van der Waals surface area contributed by atoms with Gasteiger partial charge in [-0.15, -0.1) is 0 Å². The summed E-state index contributed by atoms with van der Waals surface area (Å²) in [5.74, 6) is 0.0801. The molecule has 3 nitrogen and oxygen atoms in total. The standard InChI is InChI=1S/C20H18FNO2/c21-18-9-4-8-17(14-18)20(23)22(15-19-10-5-13-24-19)12-11-16-6-2-1-3-7-16/h1-10,13-14H,11-12,15H2. The van der Waals surface area contributed by atoms with Gasteiger partial charge in [0.15, 0.2) is 0 Å². The summed E-state index contributed by atoms with van der Waals surface area (Å²) in [6.07, 6.45) is 2.31. The summed E-state index contributed by atoms with van der Waals surface area (Å²) in [4.78, 5) is 14.4. The Bertz CT molecular complexity index is 784. The highest BCUT2D eigenvalue weighted by molar-refractivity contribution is 5.94. The Morgan fingerprint density at radius 3 is 2.54 bits per heavy atom. The predicted molar refractivity (Wildman–Crippen MR) is 90.0 cm³/mol. The lowest BCUT2D eigenvalue weighted by Crippen LogP contribution is -2.32. The molecule has 0 radical (unpaired) electrons. The first-order valence-electron chi connectivity index (χ1n) is 7.83. The molecule has 0 spiro atoms. The molecule has 0 saturated heterocycles. The molecule has 2 aromatic carbocycles. The average molecular weight is 323 g/mol. The van der Waals surface area contributed by atoms with Crippen LogP contribution < -0.4 is 0 Å². The zero-order chi connectivity index (χ0) is 16.8. The Balaban J connectivity index is 1.77. The SMILES string of the molecule is O=C(c1cccc(F)c1)N(CCc1ccccc1)Cc1ccco1. The molecule has 0 saturated carbocycles. The van der Waals surface area contributed by atoms with E-state index in [0.29, 0.717) is 24.4 Å². The van der Waals surface area contributed by atoms with Crippen LogP contribution in [-0.2, 0) is 13.0 Å². The fourth-order valence-corrected chi connectivity index (χ4v) is 2.56. The molecule has 122 valence electrons. The number of amides is 1. The van der Waals surface area contributed by atoms with Crippen LogP contribution in [0.25, 0.3) is 0 Å². The van der Waals surface area contributed by atoms with E-state index in [1.54, 1.807) is 29.4 Å². The van der Waals surface area contributed by atoms with Gasteiger partial charge in [0.05, 0.1) is 12.8 Å². The van der Waals surface area contributed by atoms with Gasteiger partial charge >= 0.3 is 0 Å². The zero-order valence-electron chi connectivity index (χ0n) is 13.2. The van der Waals surface area contributed by atoms with E-state index >= 15 is 0 Å². The second-order valence-corrected chi connectivity index (χ2v) is 5.55. The molecule has 0 bridgehead atoms. The minimum absolute atomic E-state index is 0.207. The molecule has 4 heteroatoms. The molecule has 0 unspecified atom stereocenters. The van der Waals surface area contributed by atoms with Gasteiger partial charge in [0.25, 0.3) is 5.91 Å². The van der Waals surface area contributed by atoms with Crippen molar-refractivity contribution in [3.63, 3.8) is 0 Å². The van der Waals surface area contributed by atoms with Crippen molar-refractivity contribution < 1.29 is 13.6 Å². The highest BCUT2D eigenvalue weighted by Gasteiger charge is 2.17. The van der Waals surface area contributed by atoms with Crippen LogP contribution in [0.4, 0.5) is 4.39 Å². The number of carbonyl (C=O) groups excluding carboxylic acids is 1. The molecule has 24 heavy (non-hydrogen) atoms. The van der Waals surface area contributed by atoms with Gasteiger partial charge in [-0.3, -0.25) is 4.79 Å². The second-order valence-electron chi connectivity index (χ2n) is 5.55. The molecule has 1 heterocycles. The molecule has 0 fully saturated rings. The Labute approximate surface area is 140 Å². The number of halogens is 1. The fraction of sp³-hybridized carbons (Fsp3) is 0.150. The van der Waals surface area contributed by atoms with Crippen LogP contribution >= 0.6 is 0 Å². The third-order valence-corrected chi connectivity index (χ3v) is 3.80. The maximum Gasteiger partial charge on any atom is 0.254 e. The van der Waals surface area contributed by atoms with Crippen LogP contribution in [0.15, 0.2) is 77.4 Å². The van der Waals surface area contributed by atoms with E-state index in [4.69, 9.17) is 4.42 Å². The minimum Gasteiger partial charge on any atom is -0.467 e. The molecule has 3 aromatic rings. The van der Waals surface area contributed by atoms with Gasteiger partial charge in [-0.25, -0.2) is 4.39 Å². The van der Waals surface area contributed by atoms with Crippen molar-refractivity contribution in [2.75, 3.05) is 6.54 Å². The highest BCUT2D eigenvalue weighted by Crippen LogP contribution is 2.13. The van der Waals surface area contributed by atoms with Gasteiger partial charge in [-0.1, -0.05) is 36.4 Å². The largest absolute Gasteiger partial charge is 0.467 e. The van der Waals surface area contributed by atoms with Crippen molar-refractivity contribution in [1.29, 1.82) is 0 Å². The van der Waals surface area contributed by atoms with Gasteiger partial charge in [0.1, 0.15) is 11.6 Å². The molecule has 0 N–H and O–H groups in total. The van der Waals surface area contributed by atoms with Crippen molar-refractivity contribution in [2.24, 2.45) is 0 Å². The maximum atomic E-state index is 13.4. The Morgan fingerprint density at radius 1 is 1.00 bits per heavy atom. The highest BCUT2D eigenvalue weighted by atomic mass is 19.1. The summed E-state index contributed by atoms with van der Waals surface area (Å²) in [5, 5.41) is 0. The van der Waals surface area contributed by atoms with Crippen LogP contribution in [0.2, 0.25) is 0 Å². The molecule has 0 aliphatic carbocycles. The number of rotatable bonds is 6. The van der Waals surface area contributed by atoms with Crippen molar-refractivity contribution in [3.8, 4) is 0 Å². The number of benzene rings is 2. The first-order valence-corrected chi connectivity index (χ1v) is 7.83. The number of carbonyl (C=O) groups is 1. The third-order valence-electron chi connectivity index (χ3n) is 3.80. The first-order chi connectivity index (χ1) is 11.7. The number of furan rings is 1. The molecular weight excluding hydrogens is 305 g/mol. The van der Waals surface area contributed by atoms with Gasteiger partial charge < -0.3 is 9.32 Å². The molecule has 0 atom stereocenters. The molecule has 1 amide bonds. The van der Waals surface area contributed by atoms with E-state index in [-0.39, 0.29) is 5.91 Å². The van der Waals surface area contributed by atoms with Crippen LogP contribution in [0.3, 0.4) is 0 Å². The molecule has 3 rings (SSSR count). The van der Waals surface area contributed by atoms with Gasteiger partial charge in [0.2, 0.25) is 0 Å². The lowest BCUT2D eigenvalue weighted by atomic mass is 10.1. The number of nitrogens with zero attached hydrogens (tertiary/aromatic N) is 1. The molecule has 1 aromatic heterocycles. The van der Waals surface area contributed by atoms with Crippen molar-refractivity contribution in [3.05, 3.63) is 95.7 Å². The fourth-order valence-electron chi connectivity index (χ4n) is 2.56. The summed E-state index contributed by atoms with van der Waals surface area (Å²) in [7, 11) is 0. The van der Waals surface area contributed by atoms with E-state index in [1.165, 1.54) is 12.1 Å². The third kappa shape index (κ3) is 4.10.